The minimum absolute atomic E-state index is 0.869. The van der Waals surface area contributed by atoms with Crippen LogP contribution in [0.3, 0.4) is 0 Å². The second kappa shape index (κ2) is 4.33. The standard InChI is InChI=1S/C12H22N2/c1-10-5-4-6-11(10)9-14-8-3-2-7-12(14)13/h10-11,13H,2-9H2,1H3. The van der Waals surface area contributed by atoms with Crippen LogP contribution in [0.15, 0.2) is 0 Å². The highest BCUT2D eigenvalue weighted by Crippen LogP contribution is 2.32. The van der Waals surface area contributed by atoms with E-state index in [0.29, 0.717) is 0 Å². The lowest BCUT2D eigenvalue weighted by Crippen LogP contribution is -2.38. The van der Waals surface area contributed by atoms with Crippen LogP contribution >= 0.6 is 0 Å². The van der Waals surface area contributed by atoms with Gasteiger partial charge < -0.3 is 4.90 Å². The largest absolute Gasteiger partial charge is 0.360 e. The molecule has 0 radical (unpaired) electrons. The number of piperidine rings is 1. The summed E-state index contributed by atoms with van der Waals surface area (Å²) in [4.78, 5) is 2.33. The van der Waals surface area contributed by atoms with Gasteiger partial charge in [-0.05, 0) is 31.1 Å². The van der Waals surface area contributed by atoms with Gasteiger partial charge in [0.05, 0.1) is 5.84 Å². The predicted octanol–water partition coefficient (Wildman–Crippen LogP) is 2.89. The second-order valence-corrected chi connectivity index (χ2v) is 5.02. The molecule has 1 saturated carbocycles. The molecule has 1 N–H and O–H groups in total. The molecule has 1 aliphatic heterocycles. The fourth-order valence-electron chi connectivity index (χ4n) is 2.87. The average Bonchev–Trinajstić information content (AvgIpc) is 2.56. The van der Waals surface area contributed by atoms with Gasteiger partial charge in [-0.3, -0.25) is 5.41 Å². The number of likely N-dealkylation sites (tertiary alicyclic amines) is 1. The molecule has 2 heteroatoms. The maximum atomic E-state index is 7.90. The average molecular weight is 194 g/mol. The van der Waals surface area contributed by atoms with Crippen molar-refractivity contribution in [3.63, 3.8) is 0 Å². The monoisotopic (exact) mass is 194 g/mol. The first-order chi connectivity index (χ1) is 6.77. The first-order valence-corrected chi connectivity index (χ1v) is 6.10. The number of hydrogen-bond acceptors (Lipinski definition) is 1. The van der Waals surface area contributed by atoms with E-state index in [-0.39, 0.29) is 0 Å². The Morgan fingerprint density at radius 2 is 2.14 bits per heavy atom. The summed E-state index contributed by atoms with van der Waals surface area (Å²) in [5.41, 5.74) is 0. The molecule has 0 spiro atoms. The van der Waals surface area contributed by atoms with Gasteiger partial charge in [0.25, 0.3) is 0 Å². The van der Waals surface area contributed by atoms with Gasteiger partial charge in [0.1, 0.15) is 0 Å². The van der Waals surface area contributed by atoms with Crippen molar-refractivity contribution >= 4 is 5.84 Å². The Kier molecular flexibility index (Phi) is 3.09. The van der Waals surface area contributed by atoms with Crippen molar-refractivity contribution in [3.05, 3.63) is 0 Å². The van der Waals surface area contributed by atoms with Gasteiger partial charge >= 0.3 is 0 Å². The van der Waals surface area contributed by atoms with Crippen molar-refractivity contribution in [1.29, 1.82) is 5.41 Å². The molecule has 2 fully saturated rings. The molecular formula is C12H22N2. The van der Waals surface area contributed by atoms with E-state index >= 15 is 0 Å². The zero-order chi connectivity index (χ0) is 9.97. The predicted molar refractivity (Wildman–Crippen MR) is 59.7 cm³/mol. The summed E-state index contributed by atoms with van der Waals surface area (Å²) >= 11 is 0. The lowest BCUT2D eigenvalue weighted by atomic mass is 9.96. The molecule has 80 valence electrons. The van der Waals surface area contributed by atoms with Gasteiger partial charge in [0.15, 0.2) is 0 Å². The van der Waals surface area contributed by atoms with E-state index in [0.717, 1.165) is 30.6 Å². The summed E-state index contributed by atoms with van der Waals surface area (Å²) < 4.78 is 0. The molecule has 1 saturated heterocycles. The molecular weight excluding hydrogens is 172 g/mol. The first-order valence-electron chi connectivity index (χ1n) is 6.10. The molecule has 0 amide bonds. The molecule has 1 aliphatic carbocycles. The van der Waals surface area contributed by atoms with Crippen LogP contribution in [-0.4, -0.2) is 23.8 Å². The molecule has 2 rings (SSSR count). The van der Waals surface area contributed by atoms with E-state index in [4.69, 9.17) is 5.41 Å². The topological polar surface area (TPSA) is 27.1 Å². The third kappa shape index (κ3) is 2.10. The molecule has 0 aromatic heterocycles. The first kappa shape index (κ1) is 10.0. The fraction of sp³-hybridized carbons (Fsp3) is 0.917. The summed E-state index contributed by atoms with van der Waals surface area (Å²) in [5, 5.41) is 7.90. The Labute approximate surface area is 87.2 Å². The SMILES string of the molecule is CC1CCCC1CN1CCCCC1=N. The quantitative estimate of drug-likeness (QED) is 0.719. The Bertz CT molecular complexity index is 212. The van der Waals surface area contributed by atoms with Gasteiger partial charge in [-0.15, -0.1) is 0 Å². The molecule has 1 heterocycles. The van der Waals surface area contributed by atoms with Gasteiger partial charge in [0.2, 0.25) is 0 Å². The van der Waals surface area contributed by atoms with Crippen LogP contribution in [0.4, 0.5) is 0 Å². The Morgan fingerprint density at radius 3 is 2.79 bits per heavy atom. The van der Waals surface area contributed by atoms with Crippen LogP contribution in [0, 0.1) is 17.2 Å². The number of nitrogens with one attached hydrogen (secondary N) is 1. The fourth-order valence-corrected chi connectivity index (χ4v) is 2.87. The van der Waals surface area contributed by atoms with Gasteiger partial charge in [-0.2, -0.15) is 0 Å². The lowest BCUT2D eigenvalue weighted by Gasteiger charge is -2.32. The van der Waals surface area contributed by atoms with Crippen molar-refractivity contribution in [3.8, 4) is 0 Å². The second-order valence-electron chi connectivity index (χ2n) is 5.02. The summed E-state index contributed by atoms with van der Waals surface area (Å²) in [7, 11) is 0. The number of nitrogens with zero attached hydrogens (tertiary/aromatic N) is 1. The highest BCUT2D eigenvalue weighted by molar-refractivity contribution is 5.79. The summed E-state index contributed by atoms with van der Waals surface area (Å²) in [5.74, 6) is 2.66. The van der Waals surface area contributed by atoms with E-state index in [1.807, 2.05) is 0 Å². The van der Waals surface area contributed by atoms with Crippen LogP contribution in [0.25, 0.3) is 0 Å². The van der Waals surface area contributed by atoms with E-state index in [1.54, 1.807) is 0 Å². The van der Waals surface area contributed by atoms with E-state index in [9.17, 15) is 0 Å². The van der Waals surface area contributed by atoms with Crippen LogP contribution in [-0.2, 0) is 0 Å². The van der Waals surface area contributed by atoms with E-state index in [1.165, 1.54) is 38.6 Å². The summed E-state index contributed by atoms with van der Waals surface area (Å²) in [6.45, 7) is 4.69. The third-order valence-electron chi connectivity index (χ3n) is 3.97. The highest BCUT2D eigenvalue weighted by Gasteiger charge is 2.26. The maximum Gasteiger partial charge on any atom is 0.0957 e. The lowest BCUT2D eigenvalue weighted by molar-refractivity contribution is 0.275. The molecule has 0 aromatic rings. The number of rotatable bonds is 2. The van der Waals surface area contributed by atoms with Gasteiger partial charge in [0, 0.05) is 19.5 Å². The zero-order valence-corrected chi connectivity index (χ0v) is 9.26. The normalized spacial score (nSPS) is 33.8. The van der Waals surface area contributed by atoms with E-state index < -0.39 is 0 Å². The minimum atomic E-state index is 0.869. The summed E-state index contributed by atoms with van der Waals surface area (Å²) in [6.07, 6.45) is 7.75. The molecule has 2 nitrogen and oxygen atoms in total. The van der Waals surface area contributed by atoms with Crippen LogP contribution in [0.1, 0.15) is 45.4 Å². The molecule has 0 bridgehead atoms. The Morgan fingerprint density at radius 1 is 1.29 bits per heavy atom. The Balaban J connectivity index is 1.86. The summed E-state index contributed by atoms with van der Waals surface area (Å²) in [6, 6.07) is 0. The molecule has 2 atom stereocenters. The van der Waals surface area contributed by atoms with Crippen molar-refractivity contribution in [1.82, 2.24) is 4.90 Å². The van der Waals surface area contributed by atoms with Gasteiger partial charge in [-0.25, -0.2) is 0 Å². The van der Waals surface area contributed by atoms with Crippen molar-refractivity contribution in [2.24, 2.45) is 11.8 Å². The number of amidine groups is 1. The van der Waals surface area contributed by atoms with Crippen LogP contribution in [0.5, 0.6) is 0 Å². The zero-order valence-electron chi connectivity index (χ0n) is 9.26. The molecule has 0 aromatic carbocycles. The van der Waals surface area contributed by atoms with Crippen LogP contribution < -0.4 is 0 Å². The number of hydrogen-bond donors (Lipinski definition) is 1. The molecule has 2 aliphatic rings. The van der Waals surface area contributed by atoms with E-state index in [2.05, 4.69) is 11.8 Å². The van der Waals surface area contributed by atoms with Gasteiger partial charge in [-0.1, -0.05) is 19.8 Å². The molecule has 2 unspecified atom stereocenters. The smallest absolute Gasteiger partial charge is 0.0957 e. The minimum Gasteiger partial charge on any atom is -0.360 e. The molecule has 14 heavy (non-hydrogen) atoms. The highest BCUT2D eigenvalue weighted by atomic mass is 15.2. The van der Waals surface area contributed by atoms with Crippen LogP contribution in [0.2, 0.25) is 0 Å². The van der Waals surface area contributed by atoms with Crippen molar-refractivity contribution in [2.75, 3.05) is 13.1 Å². The van der Waals surface area contributed by atoms with Crippen molar-refractivity contribution in [2.45, 2.75) is 45.4 Å². The Hall–Kier alpha value is -0.530. The van der Waals surface area contributed by atoms with Crippen molar-refractivity contribution < 1.29 is 0 Å². The maximum absolute atomic E-state index is 7.90. The third-order valence-corrected chi connectivity index (χ3v) is 3.97.